The number of nitrogens with one attached hydrogen (secondary N) is 1. The SMILES string of the molecule is CCOC(=O)C1=C(C)NC(O)(C(F)(F)F)C(C(=O)OCC)C1c1cccc([N+](=O)[O-])c1. The maximum atomic E-state index is 14.0. The lowest BCUT2D eigenvalue weighted by atomic mass is 9.71. The van der Waals surface area contributed by atoms with Gasteiger partial charge in [-0.2, -0.15) is 13.2 Å². The van der Waals surface area contributed by atoms with Crippen molar-refractivity contribution in [1.82, 2.24) is 5.32 Å². The first-order valence-electron chi connectivity index (χ1n) is 9.25. The Morgan fingerprint density at radius 3 is 2.39 bits per heavy atom. The van der Waals surface area contributed by atoms with Crippen molar-refractivity contribution in [2.24, 2.45) is 5.92 Å². The monoisotopic (exact) mass is 446 g/mol. The maximum absolute atomic E-state index is 14.0. The standard InChI is InChI=1S/C19H21F3N2O7/c1-4-30-16(25)13-10(3)23-18(27,19(20,21)22)15(17(26)31-5-2)14(13)11-7-6-8-12(9-11)24(28)29/h6-9,14-15,23,27H,4-5H2,1-3H3. The molecule has 0 saturated heterocycles. The fraction of sp³-hybridized carbons (Fsp3) is 0.474. The Labute approximate surface area is 175 Å². The van der Waals surface area contributed by atoms with Crippen LogP contribution in [-0.2, 0) is 19.1 Å². The molecule has 2 N–H and O–H groups in total. The van der Waals surface area contributed by atoms with Crippen LogP contribution in [0, 0.1) is 16.0 Å². The largest absolute Gasteiger partial charge is 0.466 e. The molecule has 1 aromatic rings. The molecule has 1 aromatic carbocycles. The summed E-state index contributed by atoms with van der Waals surface area (Å²) in [7, 11) is 0. The third-order valence-corrected chi connectivity index (χ3v) is 4.78. The van der Waals surface area contributed by atoms with Crippen molar-refractivity contribution < 1.29 is 42.3 Å². The Balaban J connectivity index is 2.86. The van der Waals surface area contributed by atoms with Crippen LogP contribution in [0.15, 0.2) is 35.5 Å². The van der Waals surface area contributed by atoms with Gasteiger partial charge >= 0.3 is 18.1 Å². The number of allylic oxidation sites excluding steroid dienone is 1. The van der Waals surface area contributed by atoms with Crippen molar-refractivity contribution in [3.63, 3.8) is 0 Å². The van der Waals surface area contributed by atoms with E-state index in [-0.39, 0.29) is 24.4 Å². The number of rotatable bonds is 6. The summed E-state index contributed by atoms with van der Waals surface area (Å²) in [5.41, 5.74) is -5.23. The molecule has 0 saturated carbocycles. The molecule has 9 nitrogen and oxygen atoms in total. The van der Waals surface area contributed by atoms with Gasteiger partial charge in [0.2, 0.25) is 5.72 Å². The van der Waals surface area contributed by atoms with E-state index in [4.69, 9.17) is 9.47 Å². The summed E-state index contributed by atoms with van der Waals surface area (Å²) in [6.07, 6.45) is -5.37. The van der Waals surface area contributed by atoms with Crippen molar-refractivity contribution in [1.29, 1.82) is 0 Å². The lowest BCUT2D eigenvalue weighted by Crippen LogP contribution is -2.67. The van der Waals surface area contributed by atoms with E-state index in [9.17, 15) is 38.0 Å². The highest BCUT2D eigenvalue weighted by Gasteiger charge is 2.67. The lowest BCUT2D eigenvalue weighted by Gasteiger charge is -2.45. The van der Waals surface area contributed by atoms with Crippen LogP contribution in [0.2, 0.25) is 0 Å². The van der Waals surface area contributed by atoms with E-state index in [1.54, 1.807) is 0 Å². The molecule has 31 heavy (non-hydrogen) atoms. The highest BCUT2D eigenvalue weighted by atomic mass is 19.4. The summed E-state index contributed by atoms with van der Waals surface area (Å²) < 4.78 is 51.6. The molecule has 1 aliphatic heterocycles. The van der Waals surface area contributed by atoms with Crippen LogP contribution in [0.4, 0.5) is 18.9 Å². The molecule has 0 radical (unpaired) electrons. The van der Waals surface area contributed by atoms with E-state index >= 15 is 0 Å². The molecular weight excluding hydrogens is 425 g/mol. The number of esters is 2. The average molecular weight is 446 g/mol. The zero-order valence-electron chi connectivity index (χ0n) is 16.9. The van der Waals surface area contributed by atoms with Crippen molar-refractivity contribution in [2.75, 3.05) is 13.2 Å². The van der Waals surface area contributed by atoms with Gasteiger partial charge in [-0.15, -0.1) is 0 Å². The fourth-order valence-electron chi connectivity index (χ4n) is 3.54. The van der Waals surface area contributed by atoms with E-state index in [1.807, 2.05) is 5.32 Å². The summed E-state index contributed by atoms with van der Waals surface area (Å²) >= 11 is 0. The number of benzene rings is 1. The van der Waals surface area contributed by atoms with Crippen molar-refractivity contribution in [2.45, 2.75) is 38.6 Å². The van der Waals surface area contributed by atoms with Crippen LogP contribution in [0.5, 0.6) is 0 Å². The van der Waals surface area contributed by atoms with E-state index in [1.165, 1.54) is 26.0 Å². The number of ether oxygens (including phenoxy) is 2. The minimum atomic E-state index is -5.37. The number of carbonyl (C=O) groups is 2. The topological polar surface area (TPSA) is 128 Å². The Morgan fingerprint density at radius 2 is 1.87 bits per heavy atom. The molecule has 2 rings (SSSR count). The number of nitrogens with zero attached hydrogens (tertiary/aromatic N) is 1. The first kappa shape index (κ1) is 24.1. The molecule has 0 aliphatic carbocycles. The van der Waals surface area contributed by atoms with Crippen molar-refractivity contribution >= 4 is 17.6 Å². The number of hydrogen-bond acceptors (Lipinski definition) is 8. The van der Waals surface area contributed by atoms with Gasteiger partial charge < -0.3 is 19.9 Å². The Hall–Kier alpha value is -3.15. The third kappa shape index (κ3) is 4.48. The van der Waals surface area contributed by atoms with Gasteiger partial charge in [-0.25, -0.2) is 4.79 Å². The minimum Gasteiger partial charge on any atom is -0.466 e. The van der Waals surface area contributed by atoms with Gasteiger partial charge in [0.15, 0.2) is 0 Å². The molecular formula is C19H21F3N2O7. The third-order valence-electron chi connectivity index (χ3n) is 4.78. The van der Waals surface area contributed by atoms with Gasteiger partial charge in [-0.05, 0) is 26.3 Å². The van der Waals surface area contributed by atoms with Gasteiger partial charge in [0, 0.05) is 23.7 Å². The van der Waals surface area contributed by atoms with E-state index in [2.05, 4.69) is 0 Å². The maximum Gasteiger partial charge on any atom is 0.437 e. The summed E-state index contributed by atoms with van der Waals surface area (Å²) in [4.78, 5) is 35.7. The number of hydrogen-bond donors (Lipinski definition) is 2. The number of nitro benzene ring substituents is 1. The molecule has 1 heterocycles. The quantitative estimate of drug-likeness (QED) is 0.388. The highest BCUT2D eigenvalue weighted by molar-refractivity contribution is 5.93. The Morgan fingerprint density at radius 1 is 1.26 bits per heavy atom. The van der Waals surface area contributed by atoms with Gasteiger partial charge in [0.05, 0.1) is 23.7 Å². The first-order chi connectivity index (χ1) is 14.4. The van der Waals surface area contributed by atoms with Crippen LogP contribution in [0.25, 0.3) is 0 Å². The zero-order valence-corrected chi connectivity index (χ0v) is 16.9. The molecule has 0 amide bonds. The Bertz CT molecular complexity index is 916. The predicted octanol–water partition coefficient (Wildman–Crippen LogP) is 2.55. The van der Waals surface area contributed by atoms with Crippen LogP contribution in [-0.4, -0.2) is 47.1 Å². The van der Waals surface area contributed by atoms with Gasteiger partial charge in [0.25, 0.3) is 5.69 Å². The zero-order chi connectivity index (χ0) is 23.6. The number of nitro groups is 1. The second-order valence-corrected chi connectivity index (χ2v) is 6.71. The van der Waals surface area contributed by atoms with Crippen molar-refractivity contribution in [3.05, 3.63) is 51.2 Å². The van der Waals surface area contributed by atoms with E-state index in [0.29, 0.717) is 0 Å². The number of aliphatic hydroxyl groups is 1. The summed E-state index contributed by atoms with van der Waals surface area (Å²) in [5, 5.41) is 23.6. The van der Waals surface area contributed by atoms with E-state index in [0.717, 1.165) is 19.1 Å². The second kappa shape index (κ2) is 8.92. The molecule has 1 aliphatic rings. The van der Waals surface area contributed by atoms with Crippen LogP contribution in [0.3, 0.4) is 0 Å². The average Bonchev–Trinajstić information content (AvgIpc) is 2.66. The second-order valence-electron chi connectivity index (χ2n) is 6.71. The fourth-order valence-corrected chi connectivity index (χ4v) is 3.54. The molecule has 12 heteroatoms. The number of alkyl halides is 3. The lowest BCUT2D eigenvalue weighted by molar-refractivity contribution is -0.385. The van der Waals surface area contributed by atoms with Crippen LogP contribution in [0.1, 0.15) is 32.3 Å². The molecule has 3 atom stereocenters. The number of non-ortho nitro benzene ring substituents is 1. The smallest absolute Gasteiger partial charge is 0.437 e. The van der Waals surface area contributed by atoms with Crippen molar-refractivity contribution in [3.8, 4) is 0 Å². The number of carbonyl (C=O) groups excluding carboxylic acids is 2. The van der Waals surface area contributed by atoms with Crippen LogP contribution < -0.4 is 5.32 Å². The highest BCUT2D eigenvalue weighted by Crippen LogP contribution is 2.49. The first-order valence-corrected chi connectivity index (χ1v) is 9.25. The number of halogens is 3. The normalized spacial score (nSPS) is 23.7. The molecule has 0 spiro atoms. The summed E-state index contributed by atoms with van der Waals surface area (Å²) in [6, 6.07) is 4.45. The van der Waals surface area contributed by atoms with Gasteiger partial charge in [0.1, 0.15) is 5.92 Å². The van der Waals surface area contributed by atoms with Gasteiger partial charge in [-0.1, -0.05) is 12.1 Å². The summed E-state index contributed by atoms with van der Waals surface area (Å²) in [5.74, 6) is -6.62. The summed E-state index contributed by atoms with van der Waals surface area (Å²) in [6.45, 7) is 3.51. The van der Waals surface area contributed by atoms with Gasteiger partial charge in [-0.3, -0.25) is 14.9 Å². The molecule has 0 aromatic heterocycles. The predicted molar refractivity (Wildman–Crippen MR) is 99.4 cm³/mol. The molecule has 170 valence electrons. The van der Waals surface area contributed by atoms with E-state index < -0.39 is 52.0 Å². The molecule has 0 fully saturated rings. The minimum absolute atomic E-state index is 0.120. The Kier molecular flexibility index (Phi) is 6.94. The molecule has 0 bridgehead atoms. The molecule has 3 unspecified atom stereocenters. The van der Waals surface area contributed by atoms with Crippen LogP contribution >= 0.6 is 0 Å².